The van der Waals surface area contributed by atoms with Gasteiger partial charge in [0, 0.05) is 5.39 Å². The van der Waals surface area contributed by atoms with Gasteiger partial charge in [0.05, 0.1) is 30.2 Å². The maximum absolute atomic E-state index is 13.5. The summed E-state index contributed by atoms with van der Waals surface area (Å²) >= 11 is 0. The Morgan fingerprint density at radius 1 is 0.833 bits per heavy atom. The van der Waals surface area contributed by atoms with E-state index in [1.165, 1.54) is 26.4 Å². The third kappa shape index (κ3) is 3.23. The molecule has 0 bridgehead atoms. The third-order valence-corrected chi connectivity index (χ3v) is 6.57. The summed E-state index contributed by atoms with van der Waals surface area (Å²) in [5.41, 5.74) is 0.684. The van der Waals surface area contributed by atoms with Crippen LogP contribution in [0, 0.1) is 0 Å². The van der Waals surface area contributed by atoms with Crippen LogP contribution in [0.1, 0.15) is 16.1 Å². The number of rotatable bonds is 6. The van der Waals surface area contributed by atoms with Gasteiger partial charge in [-0.3, -0.25) is 4.79 Å². The molecule has 0 N–H and O–H groups in total. The minimum atomic E-state index is -4.03. The summed E-state index contributed by atoms with van der Waals surface area (Å²) in [5, 5.41) is 0.576. The number of fused-ring (bicyclic) bond motifs is 1. The molecule has 0 atom stereocenters. The van der Waals surface area contributed by atoms with E-state index in [1.54, 1.807) is 66.7 Å². The van der Waals surface area contributed by atoms with E-state index >= 15 is 0 Å². The van der Waals surface area contributed by atoms with E-state index in [4.69, 9.17) is 9.47 Å². The molecule has 0 amide bonds. The highest BCUT2D eigenvalue weighted by Crippen LogP contribution is 2.31. The van der Waals surface area contributed by atoms with E-state index in [9.17, 15) is 13.2 Å². The molecular formula is C23H19NO5S. The van der Waals surface area contributed by atoms with Gasteiger partial charge in [-0.05, 0) is 48.5 Å². The molecule has 0 aliphatic rings. The zero-order valence-corrected chi connectivity index (χ0v) is 17.2. The number of carbonyl (C=O) groups excluding carboxylic acids is 1. The number of hydrogen-bond donors (Lipinski definition) is 0. The van der Waals surface area contributed by atoms with Crippen LogP contribution in [-0.4, -0.2) is 32.4 Å². The predicted octanol–water partition coefficient (Wildman–Crippen LogP) is 4.13. The molecule has 4 rings (SSSR count). The number of para-hydroxylation sites is 1. The second kappa shape index (κ2) is 7.68. The van der Waals surface area contributed by atoms with Gasteiger partial charge in [0.15, 0.2) is 0 Å². The van der Waals surface area contributed by atoms with Crippen LogP contribution in [0.15, 0.2) is 83.8 Å². The molecule has 0 aliphatic heterocycles. The number of methoxy groups -OCH3 is 2. The fraction of sp³-hybridized carbons (Fsp3) is 0.0870. The van der Waals surface area contributed by atoms with Gasteiger partial charge in [-0.25, -0.2) is 12.4 Å². The van der Waals surface area contributed by atoms with Crippen molar-refractivity contribution in [2.45, 2.75) is 4.90 Å². The molecule has 30 heavy (non-hydrogen) atoms. The summed E-state index contributed by atoms with van der Waals surface area (Å²) in [6.07, 6.45) is 0. The highest BCUT2D eigenvalue weighted by molar-refractivity contribution is 7.90. The van der Waals surface area contributed by atoms with Gasteiger partial charge in [0.1, 0.15) is 17.2 Å². The molecule has 3 aromatic carbocycles. The van der Waals surface area contributed by atoms with Crippen molar-refractivity contribution < 1.29 is 22.7 Å². The van der Waals surface area contributed by atoms with Gasteiger partial charge in [0.25, 0.3) is 10.0 Å². The van der Waals surface area contributed by atoms with Crippen molar-refractivity contribution in [1.82, 2.24) is 3.97 Å². The van der Waals surface area contributed by atoms with Crippen LogP contribution in [-0.2, 0) is 10.0 Å². The Hall–Kier alpha value is -3.58. The monoisotopic (exact) mass is 421 g/mol. The first-order valence-corrected chi connectivity index (χ1v) is 10.6. The molecule has 4 aromatic rings. The first kappa shape index (κ1) is 19.7. The molecular weight excluding hydrogens is 402 g/mol. The third-order valence-electron chi connectivity index (χ3n) is 4.83. The van der Waals surface area contributed by atoms with E-state index in [0.29, 0.717) is 22.4 Å². The zero-order valence-electron chi connectivity index (χ0n) is 16.4. The molecule has 1 heterocycles. The van der Waals surface area contributed by atoms with Crippen LogP contribution in [0.25, 0.3) is 10.9 Å². The van der Waals surface area contributed by atoms with Gasteiger partial charge < -0.3 is 9.47 Å². The Bertz CT molecular complexity index is 1340. The largest absolute Gasteiger partial charge is 0.497 e. The van der Waals surface area contributed by atoms with E-state index < -0.39 is 15.8 Å². The molecule has 0 saturated carbocycles. The lowest BCUT2D eigenvalue weighted by atomic mass is 10.1. The van der Waals surface area contributed by atoms with E-state index in [0.717, 1.165) is 3.97 Å². The fourth-order valence-corrected chi connectivity index (χ4v) is 4.91. The molecule has 0 radical (unpaired) electrons. The lowest BCUT2D eigenvalue weighted by Crippen LogP contribution is -2.19. The Balaban J connectivity index is 2.02. The fourth-order valence-electron chi connectivity index (χ4n) is 3.38. The highest BCUT2D eigenvalue weighted by Gasteiger charge is 2.28. The number of aromatic nitrogens is 1. The summed E-state index contributed by atoms with van der Waals surface area (Å²) in [6.45, 7) is 0. The first-order chi connectivity index (χ1) is 14.5. The SMILES string of the molecule is COc1ccc2c(c1)cc(C(=O)c1ccccc1OC)n2S(=O)(=O)c1ccccc1. The molecule has 0 fully saturated rings. The highest BCUT2D eigenvalue weighted by atomic mass is 32.2. The smallest absolute Gasteiger partial charge is 0.268 e. The molecule has 1 aromatic heterocycles. The minimum absolute atomic E-state index is 0.0200. The molecule has 0 saturated heterocycles. The van der Waals surface area contributed by atoms with Crippen molar-refractivity contribution in [2.24, 2.45) is 0 Å². The van der Waals surface area contributed by atoms with Crippen LogP contribution in [0.5, 0.6) is 11.5 Å². The van der Waals surface area contributed by atoms with Crippen molar-refractivity contribution in [3.8, 4) is 11.5 Å². The molecule has 0 aliphatic carbocycles. The van der Waals surface area contributed by atoms with Crippen molar-refractivity contribution in [3.63, 3.8) is 0 Å². The second-order valence-corrected chi connectivity index (χ2v) is 8.35. The summed E-state index contributed by atoms with van der Waals surface area (Å²) in [5.74, 6) is 0.476. The van der Waals surface area contributed by atoms with Crippen LogP contribution >= 0.6 is 0 Å². The van der Waals surface area contributed by atoms with Gasteiger partial charge in [-0.1, -0.05) is 30.3 Å². The summed E-state index contributed by atoms with van der Waals surface area (Å²) < 4.78 is 38.7. The van der Waals surface area contributed by atoms with Crippen molar-refractivity contribution in [2.75, 3.05) is 14.2 Å². The van der Waals surface area contributed by atoms with Crippen LogP contribution < -0.4 is 9.47 Å². The standard InChI is InChI=1S/C23H19NO5S/c1-28-17-12-13-20-16(14-17)15-21(23(25)19-10-6-7-11-22(19)29-2)24(20)30(26,27)18-8-4-3-5-9-18/h3-15H,1-2H3. The quantitative estimate of drug-likeness (QED) is 0.438. The van der Waals surface area contributed by atoms with Gasteiger partial charge in [-0.2, -0.15) is 0 Å². The van der Waals surface area contributed by atoms with Gasteiger partial charge in [0.2, 0.25) is 5.78 Å². The Labute approximate surface area is 174 Å². The second-order valence-electron chi connectivity index (χ2n) is 6.57. The predicted molar refractivity (Wildman–Crippen MR) is 114 cm³/mol. The molecule has 7 heteroatoms. The number of ether oxygens (including phenoxy) is 2. The molecule has 0 spiro atoms. The van der Waals surface area contributed by atoms with Gasteiger partial charge in [-0.15, -0.1) is 0 Å². The maximum atomic E-state index is 13.5. The van der Waals surface area contributed by atoms with E-state index in [1.807, 2.05) is 0 Å². The van der Waals surface area contributed by atoms with Crippen molar-refractivity contribution in [1.29, 1.82) is 0 Å². The Morgan fingerprint density at radius 3 is 2.23 bits per heavy atom. The van der Waals surface area contributed by atoms with Crippen LogP contribution in [0.4, 0.5) is 0 Å². The number of benzene rings is 3. The Morgan fingerprint density at radius 2 is 1.53 bits per heavy atom. The summed E-state index contributed by atoms with van der Waals surface area (Å²) in [7, 11) is -1.04. The maximum Gasteiger partial charge on any atom is 0.268 e. The summed E-state index contributed by atoms with van der Waals surface area (Å²) in [6, 6.07) is 21.3. The van der Waals surface area contributed by atoms with E-state index in [2.05, 4.69) is 0 Å². The Kier molecular flexibility index (Phi) is 5.05. The van der Waals surface area contributed by atoms with Gasteiger partial charge >= 0.3 is 0 Å². The lowest BCUT2D eigenvalue weighted by molar-refractivity contribution is 0.103. The molecule has 0 unspecified atom stereocenters. The lowest BCUT2D eigenvalue weighted by Gasteiger charge is -2.13. The molecule has 6 nitrogen and oxygen atoms in total. The number of carbonyl (C=O) groups is 1. The van der Waals surface area contributed by atoms with Crippen molar-refractivity contribution in [3.05, 3.63) is 90.1 Å². The average Bonchev–Trinajstić information content (AvgIpc) is 3.18. The summed E-state index contributed by atoms with van der Waals surface area (Å²) in [4.78, 5) is 13.5. The first-order valence-electron chi connectivity index (χ1n) is 9.15. The number of nitrogens with zero attached hydrogens (tertiary/aromatic N) is 1. The normalized spacial score (nSPS) is 11.4. The van der Waals surface area contributed by atoms with Crippen LogP contribution in [0.3, 0.4) is 0 Å². The number of ketones is 1. The van der Waals surface area contributed by atoms with Crippen LogP contribution in [0.2, 0.25) is 0 Å². The molecule has 152 valence electrons. The zero-order chi connectivity index (χ0) is 21.3. The minimum Gasteiger partial charge on any atom is -0.497 e. The van der Waals surface area contributed by atoms with Crippen molar-refractivity contribution >= 4 is 26.7 Å². The average molecular weight is 421 g/mol. The topological polar surface area (TPSA) is 74.6 Å². The number of hydrogen-bond acceptors (Lipinski definition) is 5. The van der Waals surface area contributed by atoms with E-state index in [-0.39, 0.29) is 16.2 Å².